The van der Waals surface area contributed by atoms with Crippen LogP contribution in [0.5, 0.6) is 0 Å². The number of hydrogen-bond donors (Lipinski definition) is 1. The molecule has 1 N–H and O–H groups in total. The molecule has 3 rings (SSSR count). The van der Waals surface area contributed by atoms with E-state index in [1.54, 1.807) is 4.57 Å². The third-order valence-corrected chi connectivity index (χ3v) is 3.79. The molecule has 3 aromatic rings. The predicted molar refractivity (Wildman–Crippen MR) is 93.1 cm³/mol. The van der Waals surface area contributed by atoms with Crippen molar-refractivity contribution in [3.63, 3.8) is 0 Å². The molecule has 1 aromatic heterocycles. The van der Waals surface area contributed by atoms with Crippen LogP contribution >= 0.6 is 0 Å². The number of aromatic nitrogens is 2. The Labute approximate surface area is 139 Å². The number of para-hydroxylation sites is 1. The van der Waals surface area contributed by atoms with Crippen molar-refractivity contribution >= 4 is 11.6 Å². The van der Waals surface area contributed by atoms with Crippen LogP contribution in [-0.2, 0) is 13.0 Å². The van der Waals surface area contributed by atoms with Gasteiger partial charge in [-0.1, -0.05) is 55.5 Å². The van der Waals surface area contributed by atoms with E-state index in [4.69, 9.17) is 0 Å². The first kappa shape index (κ1) is 15.9. The van der Waals surface area contributed by atoms with Gasteiger partial charge in [-0.25, -0.2) is 0 Å². The molecule has 0 amide bonds. The average Bonchev–Trinajstić information content (AvgIpc) is 2.60. The monoisotopic (exact) mass is 323 g/mol. The third kappa shape index (κ3) is 3.51. The molecule has 2 aromatic carbocycles. The minimum absolute atomic E-state index is 0.325. The summed E-state index contributed by atoms with van der Waals surface area (Å²) in [4.78, 5) is 15.5. The van der Waals surface area contributed by atoms with E-state index in [9.17, 15) is 9.18 Å². The largest absolute Gasteiger partial charge is 0.325 e. The van der Waals surface area contributed by atoms with Crippen molar-refractivity contribution in [1.82, 2.24) is 9.55 Å². The van der Waals surface area contributed by atoms with Gasteiger partial charge in [-0.15, -0.1) is 0 Å². The second-order valence-electron chi connectivity index (χ2n) is 5.47. The van der Waals surface area contributed by atoms with Crippen molar-refractivity contribution in [2.75, 3.05) is 5.32 Å². The van der Waals surface area contributed by atoms with Gasteiger partial charge < -0.3 is 9.88 Å². The van der Waals surface area contributed by atoms with Crippen molar-refractivity contribution in [3.05, 3.63) is 88.1 Å². The Kier molecular flexibility index (Phi) is 4.70. The molecule has 0 saturated heterocycles. The van der Waals surface area contributed by atoms with E-state index < -0.39 is 11.4 Å². The molecular formula is C19H18FN3O. The van der Waals surface area contributed by atoms with E-state index in [0.29, 0.717) is 12.5 Å². The topological polar surface area (TPSA) is 46.9 Å². The van der Waals surface area contributed by atoms with Gasteiger partial charge >= 0.3 is 5.56 Å². The third-order valence-electron chi connectivity index (χ3n) is 3.79. The summed E-state index contributed by atoms with van der Waals surface area (Å²) in [6.07, 6.45) is 2.03. The predicted octanol–water partition coefficient (Wildman–Crippen LogP) is 3.74. The Morgan fingerprint density at radius 2 is 1.79 bits per heavy atom. The van der Waals surface area contributed by atoms with Gasteiger partial charge in [-0.3, -0.25) is 4.79 Å². The highest BCUT2D eigenvalue weighted by Gasteiger charge is 2.10. The minimum atomic E-state index is -0.865. The fourth-order valence-corrected chi connectivity index (χ4v) is 2.54. The van der Waals surface area contributed by atoms with Crippen molar-refractivity contribution in [2.24, 2.45) is 0 Å². The van der Waals surface area contributed by atoms with Gasteiger partial charge in [0.1, 0.15) is 0 Å². The Morgan fingerprint density at radius 3 is 2.54 bits per heavy atom. The van der Waals surface area contributed by atoms with Crippen LogP contribution in [0.4, 0.5) is 16.0 Å². The molecule has 24 heavy (non-hydrogen) atoms. The van der Waals surface area contributed by atoms with Gasteiger partial charge in [-0.05, 0) is 23.6 Å². The molecule has 0 saturated carbocycles. The average molecular weight is 323 g/mol. The van der Waals surface area contributed by atoms with Crippen LogP contribution in [0.15, 0.2) is 65.6 Å². The fourth-order valence-electron chi connectivity index (χ4n) is 2.54. The van der Waals surface area contributed by atoms with E-state index in [1.807, 2.05) is 54.6 Å². The number of nitrogens with zero attached hydrogens (tertiary/aromatic N) is 2. The van der Waals surface area contributed by atoms with Crippen LogP contribution in [0.25, 0.3) is 0 Å². The normalized spacial score (nSPS) is 10.6. The van der Waals surface area contributed by atoms with Gasteiger partial charge in [0.05, 0.1) is 6.54 Å². The molecule has 122 valence electrons. The number of nitrogens with one attached hydrogen (secondary N) is 1. The van der Waals surface area contributed by atoms with Crippen molar-refractivity contribution < 1.29 is 4.39 Å². The molecule has 0 unspecified atom stereocenters. The molecule has 0 fully saturated rings. The molecule has 0 aliphatic heterocycles. The zero-order valence-electron chi connectivity index (χ0n) is 13.4. The zero-order valence-corrected chi connectivity index (χ0v) is 13.4. The van der Waals surface area contributed by atoms with Crippen LogP contribution in [0.1, 0.15) is 18.1 Å². The molecule has 1 heterocycles. The molecule has 0 aliphatic rings. The van der Waals surface area contributed by atoms with E-state index in [1.165, 1.54) is 6.20 Å². The van der Waals surface area contributed by atoms with Crippen molar-refractivity contribution in [3.8, 4) is 0 Å². The Morgan fingerprint density at radius 1 is 1.08 bits per heavy atom. The quantitative estimate of drug-likeness (QED) is 0.778. The van der Waals surface area contributed by atoms with Crippen LogP contribution in [0.2, 0.25) is 0 Å². The van der Waals surface area contributed by atoms with Gasteiger partial charge in [0.15, 0.2) is 0 Å². The highest BCUT2D eigenvalue weighted by atomic mass is 19.1. The lowest BCUT2D eigenvalue weighted by molar-refractivity contribution is 0.579. The maximum Gasteiger partial charge on any atom is 0.310 e. The van der Waals surface area contributed by atoms with E-state index in [0.717, 1.165) is 23.2 Å². The van der Waals surface area contributed by atoms with Crippen LogP contribution in [-0.4, -0.2) is 9.55 Å². The number of rotatable bonds is 5. The fraction of sp³-hybridized carbons (Fsp3) is 0.158. The summed E-state index contributed by atoms with van der Waals surface area (Å²) in [6.45, 7) is 2.47. The maximum absolute atomic E-state index is 13.7. The standard InChI is InChI=1S/C19H18FN3O/c1-2-15-10-6-7-11-17(15)21-19-22-18(24)16(20)13-23(19)12-14-8-4-3-5-9-14/h3-11,13H,2,12H2,1H3,(H,21,22,24). The summed E-state index contributed by atoms with van der Waals surface area (Å²) in [5.74, 6) is -0.536. The Balaban J connectivity index is 2.00. The van der Waals surface area contributed by atoms with E-state index in [2.05, 4.69) is 17.2 Å². The lowest BCUT2D eigenvalue weighted by atomic mass is 10.1. The summed E-state index contributed by atoms with van der Waals surface area (Å²) in [5, 5.41) is 3.17. The van der Waals surface area contributed by atoms with Crippen molar-refractivity contribution in [1.29, 1.82) is 0 Å². The molecule has 0 radical (unpaired) electrons. The van der Waals surface area contributed by atoms with E-state index >= 15 is 0 Å². The first-order valence-electron chi connectivity index (χ1n) is 7.83. The number of benzene rings is 2. The molecule has 0 spiro atoms. The number of aryl methyl sites for hydroxylation is 1. The Hall–Kier alpha value is -2.95. The summed E-state index contributed by atoms with van der Waals surface area (Å²) < 4.78 is 15.3. The lowest BCUT2D eigenvalue weighted by Crippen LogP contribution is -2.20. The summed E-state index contributed by atoms with van der Waals surface area (Å²) >= 11 is 0. The molecule has 0 aliphatic carbocycles. The molecule has 4 nitrogen and oxygen atoms in total. The minimum Gasteiger partial charge on any atom is -0.325 e. The van der Waals surface area contributed by atoms with Gasteiger partial charge in [0, 0.05) is 11.9 Å². The number of hydrogen-bond acceptors (Lipinski definition) is 3. The zero-order chi connectivity index (χ0) is 16.9. The smallest absolute Gasteiger partial charge is 0.310 e. The lowest BCUT2D eigenvalue weighted by Gasteiger charge is -2.16. The SMILES string of the molecule is CCc1ccccc1Nc1nc(=O)c(F)cn1Cc1ccccc1. The summed E-state index contributed by atoms with van der Waals surface area (Å²) in [7, 11) is 0. The second kappa shape index (κ2) is 7.08. The van der Waals surface area contributed by atoms with Crippen LogP contribution in [0, 0.1) is 5.82 Å². The van der Waals surface area contributed by atoms with E-state index in [-0.39, 0.29) is 0 Å². The highest BCUT2D eigenvalue weighted by Crippen LogP contribution is 2.20. The van der Waals surface area contributed by atoms with Gasteiger partial charge in [0.2, 0.25) is 11.8 Å². The number of anilines is 2. The molecule has 0 bridgehead atoms. The summed E-state index contributed by atoms with van der Waals surface area (Å²) in [6, 6.07) is 17.4. The first-order chi connectivity index (χ1) is 11.7. The van der Waals surface area contributed by atoms with Gasteiger partial charge in [0.25, 0.3) is 0 Å². The second-order valence-corrected chi connectivity index (χ2v) is 5.47. The van der Waals surface area contributed by atoms with Crippen LogP contribution in [0.3, 0.4) is 0 Å². The molecule has 0 atom stereocenters. The first-order valence-corrected chi connectivity index (χ1v) is 7.83. The van der Waals surface area contributed by atoms with Gasteiger partial charge in [-0.2, -0.15) is 9.37 Å². The van der Waals surface area contributed by atoms with Crippen LogP contribution < -0.4 is 10.9 Å². The van der Waals surface area contributed by atoms with Crippen molar-refractivity contribution in [2.45, 2.75) is 19.9 Å². The highest BCUT2D eigenvalue weighted by molar-refractivity contribution is 5.58. The number of halogens is 1. The molecule has 5 heteroatoms. The molecular weight excluding hydrogens is 305 g/mol. The Bertz CT molecular complexity index is 891. The summed E-state index contributed by atoms with van der Waals surface area (Å²) in [5.41, 5.74) is 2.09. The maximum atomic E-state index is 13.7.